The van der Waals surface area contributed by atoms with Crippen molar-refractivity contribution < 1.29 is 22.8 Å². The molecule has 0 saturated carbocycles. The van der Waals surface area contributed by atoms with Crippen LogP contribution in [0.4, 0.5) is 13.2 Å². The number of hydrogen-bond donors (Lipinski definition) is 3. The molecule has 116 valence electrons. The van der Waals surface area contributed by atoms with Gasteiger partial charge in [-0.3, -0.25) is 14.6 Å². The van der Waals surface area contributed by atoms with Crippen LogP contribution in [0.25, 0.3) is 0 Å². The molecule has 0 aromatic carbocycles. The van der Waals surface area contributed by atoms with Crippen molar-refractivity contribution >= 4 is 11.8 Å². The number of primary amides is 2. The fourth-order valence-electron chi connectivity index (χ4n) is 1.68. The van der Waals surface area contributed by atoms with Crippen LogP contribution in [0.2, 0.25) is 0 Å². The number of nitrogens with one attached hydrogen (secondary N) is 1. The third-order valence-electron chi connectivity index (χ3n) is 2.67. The summed E-state index contributed by atoms with van der Waals surface area (Å²) in [5, 5.41) is 0.962. The van der Waals surface area contributed by atoms with Crippen molar-refractivity contribution in [3.8, 4) is 0 Å². The molecule has 21 heavy (non-hydrogen) atoms. The zero-order chi connectivity index (χ0) is 16.2. The first-order chi connectivity index (χ1) is 9.64. The van der Waals surface area contributed by atoms with E-state index in [4.69, 9.17) is 11.5 Å². The van der Waals surface area contributed by atoms with Crippen LogP contribution in [-0.4, -0.2) is 29.0 Å². The molecule has 0 aromatic rings. The average Bonchev–Trinajstić information content (AvgIpc) is 2.35. The Morgan fingerprint density at radius 2 is 2.05 bits per heavy atom. The Bertz CT molecular complexity index is 511. The van der Waals surface area contributed by atoms with E-state index in [0.717, 1.165) is 17.3 Å². The zero-order valence-corrected chi connectivity index (χ0v) is 11.0. The number of allylic oxidation sites excluding steroid dienone is 1. The van der Waals surface area contributed by atoms with Crippen LogP contribution in [0.15, 0.2) is 36.2 Å². The predicted octanol–water partition coefficient (Wildman–Crippen LogP) is 0.442. The van der Waals surface area contributed by atoms with E-state index in [2.05, 4.69) is 12.0 Å². The van der Waals surface area contributed by atoms with Crippen molar-refractivity contribution in [2.75, 3.05) is 0 Å². The second-order valence-corrected chi connectivity index (χ2v) is 4.34. The summed E-state index contributed by atoms with van der Waals surface area (Å²) in [4.78, 5) is 22.4. The van der Waals surface area contributed by atoms with Crippen LogP contribution < -0.4 is 16.9 Å². The van der Waals surface area contributed by atoms with Crippen molar-refractivity contribution in [3.05, 3.63) is 36.2 Å². The maximum Gasteiger partial charge on any atom is 0.390 e. The minimum atomic E-state index is -4.42. The summed E-state index contributed by atoms with van der Waals surface area (Å²) >= 11 is 0. The van der Waals surface area contributed by atoms with Crippen LogP contribution in [0.5, 0.6) is 0 Å². The Morgan fingerprint density at radius 1 is 1.43 bits per heavy atom. The lowest BCUT2D eigenvalue weighted by Crippen LogP contribution is -2.46. The summed E-state index contributed by atoms with van der Waals surface area (Å²) in [7, 11) is 0. The van der Waals surface area contributed by atoms with E-state index in [-0.39, 0.29) is 17.7 Å². The highest BCUT2D eigenvalue weighted by atomic mass is 19.4. The van der Waals surface area contributed by atoms with Gasteiger partial charge in [0.1, 0.15) is 5.70 Å². The smallest absolute Gasteiger partial charge is 0.366 e. The number of hydrogen-bond acceptors (Lipinski definition) is 4. The number of halogens is 3. The molecular weight excluding hydrogens is 289 g/mol. The molecule has 6 nitrogen and oxygen atoms in total. The largest absolute Gasteiger partial charge is 0.390 e. The Hall–Kier alpha value is -2.29. The standard InChI is InChI=1S/C12H15F3N4O2/c1-2-8(5-12(13,14)15)18-19-6-7(10(16)20)3-4-9(19)11(17)21/h2,4,6,8,18H,1,3,5H2,(H2,16,20)(H2,17,21). The van der Waals surface area contributed by atoms with Crippen molar-refractivity contribution in [3.63, 3.8) is 0 Å². The molecule has 1 unspecified atom stereocenters. The van der Waals surface area contributed by atoms with Gasteiger partial charge in [-0.1, -0.05) is 6.08 Å². The molecule has 1 aliphatic heterocycles. The van der Waals surface area contributed by atoms with Crippen LogP contribution >= 0.6 is 0 Å². The minimum absolute atomic E-state index is 0.0732. The normalized spacial score (nSPS) is 16.8. The summed E-state index contributed by atoms with van der Waals surface area (Å²) in [5.41, 5.74) is 12.7. The molecule has 1 rings (SSSR count). The quantitative estimate of drug-likeness (QED) is 0.620. The molecule has 5 N–H and O–H groups in total. The van der Waals surface area contributed by atoms with E-state index in [1.165, 1.54) is 6.08 Å². The summed E-state index contributed by atoms with van der Waals surface area (Å²) < 4.78 is 37.2. The van der Waals surface area contributed by atoms with Crippen molar-refractivity contribution in [1.29, 1.82) is 0 Å². The highest BCUT2D eigenvalue weighted by Gasteiger charge is 2.32. The second-order valence-electron chi connectivity index (χ2n) is 4.34. The topological polar surface area (TPSA) is 101 Å². The highest BCUT2D eigenvalue weighted by molar-refractivity contribution is 5.95. The third-order valence-corrected chi connectivity index (χ3v) is 2.67. The molecule has 0 radical (unpaired) electrons. The second kappa shape index (κ2) is 6.44. The van der Waals surface area contributed by atoms with E-state index < -0.39 is 30.5 Å². The van der Waals surface area contributed by atoms with Gasteiger partial charge in [0.05, 0.1) is 12.5 Å². The molecule has 0 bridgehead atoms. The van der Waals surface area contributed by atoms with E-state index in [1.54, 1.807) is 0 Å². The Morgan fingerprint density at radius 3 is 2.48 bits per heavy atom. The molecule has 1 heterocycles. The molecule has 1 aliphatic rings. The SMILES string of the molecule is C=CC(CC(F)(F)F)NN1C=C(C(N)=O)CC=C1C(N)=O. The molecule has 0 saturated heterocycles. The third kappa shape index (κ3) is 4.95. The van der Waals surface area contributed by atoms with Crippen molar-refractivity contribution in [2.24, 2.45) is 11.5 Å². The lowest BCUT2D eigenvalue weighted by atomic mass is 10.1. The van der Waals surface area contributed by atoms with Gasteiger partial charge in [-0.25, -0.2) is 5.43 Å². The minimum Gasteiger partial charge on any atom is -0.366 e. The number of carbonyl (C=O) groups excluding carboxylic acids is 2. The van der Waals surface area contributed by atoms with Crippen LogP contribution in [-0.2, 0) is 9.59 Å². The summed E-state index contributed by atoms with van der Waals surface area (Å²) in [6.07, 6.45) is -2.05. The maximum atomic E-state index is 12.4. The van der Waals surface area contributed by atoms with E-state index >= 15 is 0 Å². The molecule has 1 atom stereocenters. The molecule has 9 heteroatoms. The maximum absolute atomic E-state index is 12.4. The number of hydrazine groups is 1. The first-order valence-corrected chi connectivity index (χ1v) is 5.89. The van der Waals surface area contributed by atoms with Gasteiger partial charge in [0.25, 0.3) is 5.91 Å². The lowest BCUT2D eigenvalue weighted by molar-refractivity contribution is -0.139. The Kier molecular flexibility index (Phi) is 5.14. The Labute approximate surface area is 118 Å². The molecule has 0 fully saturated rings. The van der Waals surface area contributed by atoms with E-state index in [0.29, 0.717) is 0 Å². The molecule has 0 aliphatic carbocycles. The van der Waals surface area contributed by atoms with E-state index in [1.807, 2.05) is 0 Å². The fourth-order valence-corrected chi connectivity index (χ4v) is 1.68. The first kappa shape index (κ1) is 16.8. The van der Waals surface area contributed by atoms with Gasteiger partial charge < -0.3 is 11.5 Å². The number of rotatable bonds is 6. The summed E-state index contributed by atoms with van der Waals surface area (Å²) in [6, 6.07) is -1.20. The van der Waals surface area contributed by atoms with Gasteiger partial charge in [-0.2, -0.15) is 13.2 Å². The number of carbonyl (C=O) groups is 2. The lowest BCUT2D eigenvalue weighted by Gasteiger charge is -2.30. The van der Waals surface area contributed by atoms with Gasteiger partial charge in [0.2, 0.25) is 5.91 Å². The highest BCUT2D eigenvalue weighted by Crippen LogP contribution is 2.23. The van der Waals surface area contributed by atoms with Gasteiger partial charge in [0, 0.05) is 11.8 Å². The summed E-state index contributed by atoms with van der Waals surface area (Å²) in [6.45, 7) is 3.30. The first-order valence-electron chi connectivity index (χ1n) is 5.89. The van der Waals surface area contributed by atoms with E-state index in [9.17, 15) is 22.8 Å². The number of nitrogens with two attached hydrogens (primary N) is 2. The van der Waals surface area contributed by atoms with Crippen molar-refractivity contribution in [2.45, 2.75) is 25.1 Å². The van der Waals surface area contributed by atoms with Crippen molar-refractivity contribution in [1.82, 2.24) is 10.4 Å². The molecule has 2 amide bonds. The summed E-state index contributed by atoms with van der Waals surface area (Å²) in [5.74, 6) is -1.59. The number of alkyl halides is 3. The average molecular weight is 304 g/mol. The monoisotopic (exact) mass is 304 g/mol. The van der Waals surface area contributed by atoms with Gasteiger partial charge in [-0.15, -0.1) is 6.58 Å². The number of nitrogens with zero attached hydrogens (tertiary/aromatic N) is 1. The Balaban J connectivity index is 2.95. The predicted molar refractivity (Wildman–Crippen MR) is 68.8 cm³/mol. The van der Waals surface area contributed by atoms with Crippen LogP contribution in [0.3, 0.4) is 0 Å². The van der Waals surface area contributed by atoms with Crippen LogP contribution in [0, 0.1) is 0 Å². The molecular formula is C12H15F3N4O2. The number of amides is 2. The fraction of sp³-hybridized carbons (Fsp3) is 0.333. The zero-order valence-electron chi connectivity index (χ0n) is 11.0. The van der Waals surface area contributed by atoms with Crippen LogP contribution in [0.1, 0.15) is 12.8 Å². The van der Waals surface area contributed by atoms with Gasteiger partial charge >= 0.3 is 6.18 Å². The molecule has 0 aromatic heterocycles. The van der Waals surface area contributed by atoms with Gasteiger partial charge in [0.15, 0.2) is 0 Å². The molecule has 0 spiro atoms. The van der Waals surface area contributed by atoms with Gasteiger partial charge in [-0.05, 0) is 12.5 Å².